The first kappa shape index (κ1) is 21.9. The minimum atomic E-state index is -0.281. The van der Waals surface area contributed by atoms with Crippen molar-refractivity contribution in [3.8, 4) is 17.0 Å². The molecule has 3 N–H and O–H groups in total. The van der Waals surface area contributed by atoms with E-state index in [-0.39, 0.29) is 17.6 Å². The molecule has 3 aromatic heterocycles. The highest BCUT2D eigenvalue weighted by atomic mass is 16.5. The van der Waals surface area contributed by atoms with E-state index >= 15 is 0 Å². The fourth-order valence-electron chi connectivity index (χ4n) is 4.59. The number of hydrogen-bond acceptors (Lipinski definition) is 7. The van der Waals surface area contributed by atoms with E-state index in [1.165, 1.54) is 6.33 Å². The smallest absolute Gasteiger partial charge is 0.321 e. The first-order valence-electron chi connectivity index (χ1n) is 11.5. The van der Waals surface area contributed by atoms with E-state index < -0.39 is 0 Å². The number of nitrogens with one attached hydrogen (secondary N) is 1. The maximum Gasteiger partial charge on any atom is 0.321 e. The Hall–Kier alpha value is -3.95. The van der Waals surface area contributed by atoms with Gasteiger partial charge in [0.2, 0.25) is 0 Å². The third-order valence-corrected chi connectivity index (χ3v) is 6.55. The summed E-state index contributed by atoms with van der Waals surface area (Å²) in [6, 6.07) is 3.93. The van der Waals surface area contributed by atoms with Gasteiger partial charge in [-0.1, -0.05) is 6.08 Å². The molecule has 2 aliphatic heterocycles. The van der Waals surface area contributed by atoms with Crippen LogP contribution in [-0.2, 0) is 12.0 Å². The van der Waals surface area contributed by atoms with Gasteiger partial charge in [0.15, 0.2) is 11.6 Å². The number of amides is 2. The fourth-order valence-corrected chi connectivity index (χ4v) is 4.59. The largest absolute Gasteiger partial charge is 0.482 e. The van der Waals surface area contributed by atoms with Crippen LogP contribution in [0.5, 0.6) is 5.75 Å². The summed E-state index contributed by atoms with van der Waals surface area (Å²) < 4.78 is 8.14. The van der Waals surface area contributed by atoms with Gasteiger partial charge in [0.25, 0.3) is 0 Å². The van der Waals surface area contributed by atoms with Crippen LogP contribution in [0.15, 0.2) is 49.3 Å². The van der Waals surface area contributed by atoms with Gasteiger partial charge in [-0.15, -0.1) is 0 Å². The summed E-state index contributed by atoms with van der Waals surface area (Å²) in [7, 11) is 0. The molecular formula is C24H28N8O2. The number of nitrogens with zero attached hydrogens (tertiary/aromatic N) is 6. The SMILES string of the molecule is CCNC(=O)N1C=C[C@]2(CC1)CCn1nc(-c3cnc(N)c(OC(C)c4cncnc4)c3)cc12. The Morgan fingerprint density at radius 1 is 1.24 bits per heavy atom. The molecule has 1 spiro atoms. The lowest BCUT2D eigenvalue weighted by Gasteiger charge is -2.33. The number of urea groups is 1. The summed E-state index contributed by atoms with van der Waals surface area (Å²) in [5.74, 6) is 0.809. The number of fused-ring (bicyclic) bond motifs is 2. The average Bonchev–Trinajstić information content (AvgIpc) is 3.43. The number of ether oxygens (including phenoxy) is 1. The molecule has 0 radical (unpaired) electrons. The number of pyridine rings is 1. The molecule has 0 fully saturated rings. The molecule has 2 amide bonds. The van der Waals surface area contributed by atoms with Crippen molar-refractivity contribution >= 4 is 11.8 Å². The maximum atomic E-state index is 12.2. The lowest BCUT2D eigenvalue weighted by atomic mass is 9.78. The van der Waals surface area contributed by atoms with Gasteiger partial charge in [-0.05, 0) is 38.8 Å². The number of aromatic nitrogens is 5. The van der Waals surface area contributed by atoms with Crippen molar-refractivity contribution in [2.75, 3.05) is 18.8 Å². The van der Waals surface area contributed by atoms with Gasteiger partial charge in [0, 0.05) is 66.7 Å². The normalized spacial score (nSPS) is 19.8. The Morgan fingerprint density at radius 2 is 2.03 bits per heavy atom. The predicted octanol–water partition coefficient (Wildman–Crippen LogP) is 3.05. The molecular weight excluding hydrogens is 432 g/mol. The van der Waals surface area contributed by atoms with E-state index in [1.807, 2.05) is 26.1 Å². The van der Waals surface area contributed by atoms with Crippen molar-refractivity contribution in [2.45, 2.75) is 44.8 Å². The molecule has 5 rings (SSSR count). The average molecular weight is 461 g/mol. The van der Waals surface area contributed by atoms with Gasteiger partial charge < -0.3 is 20.7 Å². The molecule has 34 heavy (non-hydrogen) atoms. The minimum absolute atomic E-state index is 0.0578. The van der Waals surface area contributed by atoms with Gasteiger partial charge >= 0.3 is 6.03 Å². The number of nitrogens with two attached hydrogens (primary N) is 1. The van der Waals surface area contributed by atoms with Crippen molar-refractivity contribution in [2.24, 2.45) is 0 Å². The van der Waals surface area contributed by atoms with Crippen LogP contribution in [-0.4, -0.2) is 48.8 Å². The first-order chi connectivity index (χ1) is 16.5. The summed E-state index contributed by atoms with van der Waals surface area (Å²) in [6.45, 7) is 5.95. The molecule has 0 aliphatic carbocycles. The van der Waals surface area contributed by atoms with Crippen LogP contribution in [0.25, 0.3) is 11.3 Å². The summed E-state index contributed by atoms with van der Waals surface area (Å²) in [4.78, 5) is 26.3. The standard InChI is InChI=1S/C24H28N8O2/c1-3-28-23(33)31-7-4-24(5-8-31)6-9-32-21(24)11-19(30-32)17-10-20(22(25)29-14-17)34-16(2)18-12-26-15-27-13-18/h4,7,10-16H,3,5-6,8-9H2,1-2H3,(H2,25,29)(H,28,33)/t16?,24-/m0/s1. The zero-order valence-electron chi connectivity index (χ0n) is 19.3. The van der Waals surface area contributed by atoms with Crippen LogP contribution in [0.1, 0.15) is 44.1 Å². The number of rotatable bonds is 5. The predicted molar refractivity (Wildman–Crippen MR) is 127 cm³/mol. The molecule has 3 aromatic rings. The van der Waals surface area contributed by atoms with Gasteiger partial charge in [0.05, 0.1) is 5.69 Å². The van der Waals surface area contributed by atoms with Crippen molar-refractivity contribution < 1.29 is 9.53 Å². The summed E-state index contributed by atoms with van der Waals surface area (Å²) in [6.07, 6.45) is 12.2. The van der Waals surface area contributed by atoms with Crippen LogP contribution in [0, 0.1) is 0 Å². The molecule has 0 bridgehead atoms. The fraction of sp³-hybridized carbons (Fsp3) is 0.375. The number of anilines is 1. The van der Waals surface area contributed by atoms with E-state index in [1.54, 1.807) is 23.5 Å². The minimum Gasteiger partial charge on any atom is -0.482 e. The molecule has 0 saturated heterocycles. The lowest BCUT2D eigenvalue weighted by molar-refractivity contribution is 0.208. The molecule has 176 valence electrons. The summed E-state index contributed by atoms with van der Waals surface area (Å²) in [5, 5.41) is 7.69. The van der Waals surface area contributed by atoms with Crippen LogP contribution < -0.4 is 15.8 Å². The van der Waals surface area contributed by atoms with E-state index in [9.17, 15) is 4.79 Å². The number of allylic oxidation sites excluding steroid dienone is 1. The van der Waals surface area contributed by atoms with E-state index in [0.29, 0.717) is 24.7 Å². The highest BCUT2D eigenvalue weighted by Gasteiger charge is 2.41. The summed E-state index contributed by atoms with van der Waals surface area (Å²) >= 11 is 0. The van der Waals surface area contributed by atoms with Crippen molar-refractivity contribution in [3.05, 3.63) is 60.6 Å². The second kappa shape index (κ2) is 8.77. The van der Waals surface area contributed by atoms with Crippen molar-refractivity contribution in [1.82, 2.24) is 34.9 Å². The number of hydrogen-bond donors (Lipinski definition) is 2. The maximum absolute atomic E-state index is 12.2. The molecule has 2 atom stereocenters. The molecule has 0 aromatic carbocycles. The van der Waals surface area contributed by atoms with Crippen molar-refractivity contribution in [3.63, 3.8) is 0 Å². The van der Waals surface area contributed by atoms with Crippen molar-refractivity contribution in [1.29, 1.82) is 0 Å². The Kier molecular flexibility index (Phi) is 5.64. The molecule has 0 saturated carbocycles. The zero-order chi connectivity index (χ0) is 23.7. The quantitative estimate of drug-likeness (QED) is 0.600. The molecule has 5 heterocycles. The van der Waals surface area contributed by atoms with E-state index in [2.05, 4.69) is 37.1 Å². The third-order valence-electron chi connectivity index (χ3n) is 6.55. The van der Waals surface area contributed by atoms with Gasteiger partial charge in [-0.25, -0.2) is 19.7 Å². The Morgan fingerprint density at radius 3 is 2.76 bits per heavy atom. The number of aryl methyl sites for hydroxylation is 1. The van der Waals surface area contributed by atoms with Crippen LogP contribution >= 0.6 is 0 Å². The Bertz CT molecular complexity index is 1220. The van der Waals surface area contributed by atoms with Gasteiger partial charge in [-0.3, -0.25) is 4.68 Å². The number of carbonyl (C=O) groups excluding carboxylic acids is 1. The van der Waals surface area contributed by atoms with E-state index in [0.717, 1.165) is 41.9 Å². The van der Waals surface area contributed by atoms with Crippen LogP contribution in [0.2, 0.25) is 0 Å². The van der Waals surface area contributed by atoms with Crippen LogP contribution in [0.3, 0.4) is 0 Å². The highest BCUT2D eigenvalue weighted by molar-refractivity contribution is 5.75. The lowest BCUT2D eigenvalue weighted by Crippen LogP contribution is -2.42. The topological polar surface area (TPSA) is 124 Å². The van der Waals surface area contributed by atoms with Crippen LogP contribution in [0.4, 0.5) is 10.6 Å². The number of nitrogen functional groups attached to an aromatic ring is 1. The third kappa shape index (κ3) is 3.95. The highest BCUT2D eigenvalue weighted by Crippen LogP contribution is 2.43. The summed E-state index contributed by atoms with van der Waals surface area (Å²) in [5.41, 5.74) is 9.64. The second-order valence-corrected chi connectivity index (χ2v) is 8.68. The molecule has 10 nitrogen and oxygen atoms in total. The molecule has 2 aliphatic rings. The first-order valence-corrected chi connectivity index (χ1v) is 11.5. The zero-order valence-corrected chi connectivity index (χ0v) is 19.3. The Balaban J connectivity index is 1.38. The van der Waals surface area contributed by atoms with Gasteiger partial charge in [0.1, 0.15) is 12.4 Å². The van der Waals surface area contributed by atoms with E-state index in [4.69, 9.17) is 15.6 Å². The van der Waals surface area contributed by atoms with Gasteiger partial charge in [-0.2, -0.15) is 5.10 Å². The second-order valence-electron chi connectivity index (χ2n) is 8.68. The molecule has 10 heteroatoms. The molecule has 1 unspecified atom stereocenters. The Labute approximate surface area is 197 Å². The monoisotopic (exact) mass is 460 g/mol. The number of carbonyl (C=O) groups is 1.